The summed E-state index contributed by atoms with van der Waals surface area (Å²) in [5.41, 5.74) is 6.09. The molecule has 0 aliphatic rings. The normalized spacial score (nSPS) is 12.0. The second-order valence-electron chi connectivity index (χ2n) is 9.51. The summed E-state index contributed by atoms with van der Waals surface area (Å²) in [5, 5.41) is 6.47. The molecule has 0 saturated carbocycles. The topological polar surface area (TPSA) is 91.4 Å². The van der Waals surface area contributed by atoms with Gasteiger partial charge < -0.3 is 15.5 Å². The molecule has 4 rings (SSSR count). The Balaban J connectivity index is 1.72. The number of amides is 1. The second kappa shape index (κ2) is 11.1. The smallest absolute Gasteiger partial charge is 0.255 e. The fraction of sp³-hybridized carbons (Fsp3) is 0.200. The molecule has 0 fully saturated rings. The van der Waals surface area contributed by atoms with Crippen LogP contribution in [0.25, 0.3) is 0 Å². The Morgan fingerprint density at radius 2 is 1.61 bits per heavy atom. The van der Waals surface area contributed by atoms with Crippen LogP contribution in [0.3, 0.4) is 0 Å². The Bertz CT molecular complexity index is 1560. The van der Waals surface area contributed by atoms with Crippen LogP contribution in [-0.4, -0.2) is 39.7 Å². The minimum atomic E-state index is -3.35. The molecule has 4 aromatic rings. The third-order valence-corrected chi connectivity index (χ3v) is 7.68. The number of hydrogen-bond donors (Lipinski definition) is 2. The number of nitrogens with one attached hydrogen (secondary N) is 2. The number of carbonyl (C=O) groups is 1. The summed E-state index contributed by atoms with van der Waals surface area (Å²) in [6.07, 6.45) is 2.82. The lowest BCUT2D eigenvalue weighted by Gasteiger charge is -2.23. The van der Waals surface area contributed by atoms with Crippen LogP contribution in [0.5, 0.6) is 0 Å². The average Bonchev–Trinajstić information content (AvgIpc) is 2.90. The van der Waals surface area contributed by atoms with Gasteiger partial charge in [-0.3, -0.25) is 4.79 Å². The largest absolute Gasteiger partial charge is 0.378 e. The molecule has 0 radical (unpaired) electrons. The lowest BCUT2D eigenvalue weighted by molar-refractivity contribution is 0.0943. The van der Waals surface area contributed by atoms with E-state index < -0.39 is 15.9 Å². The predicted octanol–water partition coefficient (Wildman–Crippen LogP) is 5.43. The molecule has 1 atom stereocenters. The van der Waals surface area contributed by atoms with Crippen LogP contribution in [0.4, 0.5) is 17.2 Å². The maximum absolute atomic E-state index is 13.7. The van der Waals surface area contributed by atoms with Gasteiger partial charge in [-0.05, 0) is 78.6 Å². The Kier molecular flexibility index (Phi) is 7.83. The van der Waals surface area contributed by atoms with Crippen molar-refractivity contribution < 1.29 is 13.2 Å². The summed E-state index contributed by atoms with van der Waals surface area (Å²) >= 11 is 0. The Morgan fingerprint density at radius 1 is 0.895 bits per heavy atom. The fourth-order valence-corrected chi connectivity index (χ4v) is 4.79. The molecule has 0 saturated heterocycles. The van der Waals surface area contributed by atoms with Crippen molar-refractivity contribution in [3.8, 4) is 0 Å². The van der Waals surface area contributed by atoms with Crippen molar-refractivity contribution in [3.05, 3.63) is 113 Å². The van der Waals surface area contributed by atoms with Crippen molar-refractivity contribution in [1.82, 2.24) is 10.3 Å². The monoisotopic (exact) mass is 528 g/mol. The molecular weight excluding hydrogens is 496 g/mol. The first-order valence-corrected chi connectivity index (χ1v) is 14.1. The van der Waals surface area contributed by atoms with Crippen LogP contribution in [0.15, 0.2) is 90.0 Å². The Labute approximate surface area is 224 Å². The van der Waals surface area contributed by atoms with Crippen molar-refractivity contribution in [2.45, 2.75) is 24.8 Å². The zero-order chi connectivity index (χ0) is 27.4. The number of aryl methyl sites for hydroxylation is 1. The molecule has 8 heteroatoms. The van der Waals surface area contributed by atoms with Crippen molar-refractivity contribution in [1.29, 1.82) is 0 Å². The number of hydrogen-bond acceptors (Lipinski definition) is 6. The van der Waals surface area contributed by atoms with E-state index in [1.165, 1.54) is 6.26 Å². The lowest BCUT2D eigenvalue weighted by atomic mass is 9.97. The van der Waals surface area contributed by atoms with Crippen molar-refractivity contribution in [2.24, 2.45) is 0 Å². The summed E-state index contributed by atoms with van der Waals surface area (Å²) < 4.78 is 24.0. The van der Waals surface area contributed by atoms with Crippen LogP contribution in [0, 0.1) is 13.8 Å². The van der Waals surface area contributed by atoms with E-state index in [1.54, 1.807) is 42.6 Å². The number of carbonyl (C=O) groups excluding carboxylic acids is 1. The molecule has 3 aromatic carbocycles. The highest BCUT2D eigenvalue weighted by Gasteiger charge is 2.22. The van der Waals surface area contributed by atoms with Gasteiger partial charge in [0.25, 0.3) is 5.91 Å². The third-order valence-electron chi connectivity index (χ3n) is 6.55. The molecule has 1 unspecified atom stereocenters. The highest BCUT2D eigenvalue weighted by atomic mass is 32.2. The van der Waals surface area contributed by atoms with Gasteiger partial charge in [-0.15, -0.1) is 0 Å². The van der Waals surface area contributed by atoms with E-state index in [4.69, 9.17) is 0 Å². The van der Waals surface area contributed by atoms with Gasteiger partial charge in [-0.1, -0.05) is 36.4 Å². The summed E-state index contributed by atoms with van der Waals surface area (Å²) in [6.45, 7) is 4.06. The minimum Gasteiger partial charge on any atom is -0.378 e. The van der Waals surface area contributed by atoms with E-state index in [0.29, 0.717) is 11.4 Å². The van der Waals surface area contributed by atoms with Gasteiger partial charge in [0.05, 0.1) is 16.5 Å². The van der Waals surface area contributed by atoms with Crippen LogP contribution in [0.1, 0.15) is 38.7 Å². The van der Waals surface area contributed by atoms with Crippen LogP contribution in [0.2, 0.25) is 0 Å². The number of pyridine rings is 1. The zero-order valence-corrected chi connectivity index (χ0v) is 23.0. The second-order valence-corrected chi connectivity index (χ2v) is 11.5. The number of rotatable bonds is 8. The van der Waals surface area contributed by atoms with Crippen LogP contribution < -0.4 is 15.5 Å². The van der Waals surface area contributed by atoms with E-state index in [9.17, 15) is 13.2 Å². The Hall–Kier alpha value is -4.17. The van der Waals surface area contributed by atoms with E-state index in [1.807, 2.05) is 75.3 Å². The number of anilines is 3. The molecule has 7 nitrogen and oxygen atoms in total. The SMILES string of the molecule is Cc1cccc(Nc2ncccc2C(=O)NC(c2ccc(S(C)(=O)=O)cc2)c2cccc(N(C)C)c2)c1C. The van der Waals surface area contributed by atoms with Crippen molar-refractivity contribution >= 4 is 32.9 Å². The van der Waals surface area contributed by atoms with Gasteiger partial charge in [0, 0.05) is 37.9 Å². The maximum Gasteiger partial charge on any atom is 0.255 e. The third kappa shape index (κ3) is 6.03. The molecule has 1 aromatic heterocycles. The first kappa shape index (κ1) is 26.9. The van der Waals surface area contributed by atoms with Crippen molar-refractivity contribution in [3.63, 3.8) is 0 Å². The van der Waals surface area contributed by atoms with Crippen LogP contribution >= 0.6 is 0 Å². The summed E-state index contributed by atoms with van der Waals surface area (Å²) in [4.78, 5) is 20.4. The number of sulfone groups is 1. The van der Waals surface area contributed by atoms with Gasteiger partial charge >= 0.3 is 0 Å². The average molecular weight is 529 g/mol. The van der Waals surface area contributed by atoms with E-state index >= 15 is 0 Å². The molecule has 0 aliphatic heterocycles. The van der Waals surface area contributed by atoms with Crippen molar-refractivity contribution in [2.75, 3.05) is 30.6 Å². The molecule has 38 heavy (non-hydrogen) atoms. The van der Waals surface area contributed by atoms with Gasteiger partial charge in [-0.25, -0.2) is 13.4 Å². The number of benzene rings is 3. The quantitative estimate of drug-likeness (QED) is 0.317. The van der Waals surface area contributed by atoms with Gasteiger partial charge in [0.2, 0.25) is 0 Å². The fourth-order valence-electron chi connectivity index (χ4n) is 4.16. The predicted molar refractivity (Wildman–Crippen MR) is 153 cm³/mol. The van der Waals surface area contributed by atoms with Gasteiger partial charge in [0.15, 0.2) is 9.84 Å². The molecule has 2 N–H and O–H groups in total. The maximum atomic E-state index is 13.7. The summed E-state index contributed by atoms with van der Waals surface area (Å²) in [6, 6.07) is 23.4. The minimum absolute atomic E-state index is 0.223. The highest BCUT2D eigenvalue weighted by molar-refractivity contribution is 7.90. The number of nitrogens with zero attached hydrogens (tertiary/aromatic N) is 2. The summed E-state index contributed by atoms with van der Waals surface area (Å²) in [5.74, 6) is 0.144. The first-order chi connectivity index (χ1) is 18.0. The van der Waals surface area contributed by atoms with Crippen LogP contribution in [-0.2, 0) is 9.84 Å². The standard InChI is InChI=1S/C30H32N4O3S/c1-20-9-6-13-27(21(20)2)32-29-26(12-8-18-31-29)30(35)33-28(23-10-7-11-24(19-23)34(3)4)22-14-16-25(17-15-22)38(5,36)37/h6-19,28H,1-5H3,(H,31,32)(H,33,35). The molecular formula is C30H32N4O3S. The molecule has 1 amide bonds. The molecule has 0 aliphatic carbocycles. The highest BCUT2D eigenvalue weighted by Crippen LogP contribution is 2.28. The van der Waals surface area contributed by atoms with E-state index in [2.05, 4.69) is 15.6 Å². The van der Waals surface area contributed by atoms with E-state index in [0.717, 1.165) is 33.6 Å². The lowest BCUT2D eigenvalue weighted by Crippen LogP contribution is -2.30. The van der Waals surface area contributed by atoms with Gasteiger partial charge in [0.1, 0.15) is 5.82 Å². The Morgan fingerprint density at radius 3 is 2.29 bits per heavy atom. The molecule has 0 bridgehead atoms. The van der Waals surface area contributed by atoms with E-state index in [-0.39, 0.29) is 10.8 Å². The zero-order valence-electron chi connectivity index (χ0n) is 22.2. The molecule has 196 valence electrons. The van der Waals surface area contributed by atoms with Gasteiger partial charge in [-0.2, -0.15) is 0 Å². The number of aromatic nitrogens is 1. The summed E-state index contributed by atoms with van der Waals surface area (Å²) in [7, 11) is 0.559. The molecule has 0 spiro atoms. The first-order valence-electron chi connectivity index (χ1n) is 12.2. The molecule has 1 heterocycles.